The molecule has 2 heterocycles. The van der Waals surface area contributed by atoms with Crippen molar-refractivity contribution in [2.24, 2.45) is 0 Å². The summed E-state index contributed by atoms with van der Waals surface area (Å²) in [6.07, 6.45) is 0. The smallest absolute Gasteiger partial charge is 0.256 e. The highest BCUT2D eigenvalue weighted by molar-refractivity contribution is 6.15. The molecule has 4 aromatic rings. The second-order valence-electron chi connectivity index (χ2n) is 7.90. The molecule has 0 spiro atoms. The number of Topliss-reactive ketones (excluding diaryl/α,β-unsaturated/α-hetero) is 1. The van der Waals surface area contributed by atoms with Crippen molar-refractivity contribution < 1.29 is 28.5 Å². The fraction of sp³-hybridized carbons (Fsp3) is 0.148. The lowest BCUT2D eigenvalue weighted by atomic mass is 10.0. The standard InChI is InChI=1S/C27H22N2O6/c1-15(30)18-12-25-26(35-14-34-25)13-22(18)29-27(31)19-11-21(28-20-7-5-4-6-17(19)20)16-8-9-23(32-2)24(10-16)33-3/h4-13H,14H2,1-3H3,(H,29,31). The topological polar surface area (TPSA) is 96.0 Å². The number of fused-ring (bicyclic) bond motifs is 2. The fourth-order valence-corrected chi connectivity index (χ4v) is 4.03. The third kappa shape index (κ3) is 4.10. The Labute approximate surface area is 201 Å². The van der Waals surface area contributed by atoms with E-state index in [0.717, 1.165) is 5.56 Å². The van der Waals surface area contributed by atoms with Crippen molar-refractivity contribution in [2.45, 2.75) is 6.92 Å². The molecule has 3 aromatic carbocycles. The van der Waals surface area contributed by atoms with Crippen LogP contribution in [0.2, 0.25) is 0 Å². The second-order valence-corrected chi connectivity index (χ2v) is 7.90. The summed E-state index contributed by atoms with van der Waals surface area (Å²) in [4.78, 5) is 30.6. The van der Waals surface area contributed by atoms with E-state index in [1.807, 2.05) is 36.4 Å². The minimum atomic E-state index is -0.383. The Kier molecular flexibility index (Phi) is 5.70. The molecule has 1 aromatic heterocycles. The maximum absolute atomic E-state index is 13.5. The van der Waals surface area contributed by atoms with E-state index in [-0.39, 0.29) is 18.5 Å². The molecule has 0 fully saturated rings. The molecule has 0 bridgehead atoms. The number of hydrogen-bond donors (Lipinski definition) is 1. The number of pyridine rings is 1. The first-order valence-electron chi connectivity index (χ1n) is 10.9. The molecule has 5 rings (SSSR count). The molecule has 1 aliphatic rings. The van der Waals surface area contributed by atoms with E-state index in [2.05, 4.69) is 5.32 Å². The number of amides is 1. The van der Waals surface area contributed by atoms with Crippen LogP contribution in [0, 0.1) is 0 Å². The number of benzene rings is 3. The molecule has 0 atom stereocenters. The van der Waals surface area contributed by atoms with Crippen LogP contribution in [0.3, 0.4) is 0 Å². The van der Waals surface area contributed by atoms with Gasteiger partial charge in [0.2, 0.25) is 6.79 Å². The monoisotopic (exact) mass is 470 g/mol. The molecule has 0 aliphatic carbocycles. The van der Waals surface area contributed by atoms with Gasteiger partial charge in [0, 0.05) is 22.6 Å². The van der Waals surface area contributed by atoms with Gasteiger partial charge >= 0.3 is 0 Å². The van der Waals surface area contributed by atoms with E-state index in [1.54, 1.807) is 38.5 Å². The number of aromatic nitrogens is 1. The lowest BCUT2D eigenvalue weighted by Crippen LogP contribution is -2.15. The molecule has 1 N–H and O–H groups in total. The predicted molar refractivity (Wildman–Crippen MR) is 131 cm³/mol. The number of para-hydroxylation sites is 1. The molecule has 0 saturated heterocycles. The summed E-state index contributed by atoms with van der Waals surface area (Å²) in [5, 5.41) is 3.56. The van der Waals surface area contributed by atoms with Gasteiger partial charge in [-0.3, -0.25) is 9.59 Å². The van der Waals surface area contributed by atoms with Crippen LogP contribution in [0.1, 0.15) is 27.6 Å². The van der Waals surface area contributed by atoms with Crippen LogP contribution in [0.25, 0.3) is 22.2 Å². The van der Waals surface area contributed by atoms with Crippen LogP contribution in [-0.4, -0.2) is 37.7 Å². The number of ketones is 1. The minimum absolute atomic E-state index is 0.0632. The van der Waals surface area contributed by atoms with Crippen molar-refractivity contribution in [3.63, 3.8) is 0 Å². The SMILES string of the molecule is COc1ccc(-c2cc(C(=O)Nc3cc4c(cc3C(C)=O)OCO4)c3ccccc3n2)cc1OC. The third-order valence-corrected chi connectivity index (χ3v) is 5.78. The molecule has 35 heavy (non-hydrogen) atoms. The molecule has 0 saturated carbocycles. The number of rotatable bonds is 6. The number of carbonyl (C=O) groups is 2. The maximum Gasteiger partial charge on any atom is 0.256 e. The fourth-order valence-electron chi connectivity index (χ4n) is 4.03. The van der Waals surface area contributed by atoms with Crippen LogP contribution >= 0.6 is 0 Å². The summed E-state index contributed by atoms with van der Waals surface area (Å²) in [6.45, 7) is 1.50. The Bertz CT molecular complexity index is 1480. The lowest BCUT2D eigenvalue weighted by Gasteiger charge is -2.14. The number of carbonyl (C=O) groups excluding carboxylic acids is 2. The van der Waals surface area contributed by atoms with Gasteiger partial charge in [-0.2, -0.15) is 0 Å². The average molecular weight is 470 g/mol. The minimum Gasteiger partial charge on any atom is -0.493 e. The van der Waals surface area contributed by atoms with Crippen molar-refractivity contribution in [3.8, 4) is 34.3 Å². The molecule has 8 heteroatoms. The summed E-state index contributed by atoms with van der Waals surface area (Å²) in [5.74, 6) is 1.50. The van der Waals surface area contributed by atoms with Crippen LogP contribution in [0.5, 0.6) is 23.0 Å². The van der Waals surface area contributed by atoms with Gasteiger partial charge in [-0.1, -0.05) is 18.2 Å². The summed E-state index contributed by atoms with van der Waals surface area (Å²) < 4.78 is 21.6. The molecule has 0 radical (unpaired) electrons. The number of nitrogens with zero attached hydrogens (tertiary/aromatic N) is 1. The number of hydrogen-bond acceptors (Lipinski definition) is 7. The van der Waals surface area contributed by atoms with Gasteiger partial charge in [0.15, 0.2) is 28.8 Å². The molecule has 8 nitrogen and oxygen atoms in total. The van der Waals surface area contributed by atoms with Gasteiger partial charge in [-0.25, -0.2) is 4.98 Å². The lowest BCUT2D eigenvalue weighted by molar-refractivity contribution is 0.101. The highest BCUT2D eigenvalue weighted by atomic mass is 16.7. The Balaban J connectivity index is 1.60. The van der Waals surface area contributed by atoms with Crippen molar-refractivity contribution in [2.75, 3.05) is 26.3 Å². The highest BCUT2D eigenvalue weighted by Crippen LogP contribution is 2.38. The molecule has 0 unspecified atom stereocenters. The molecular weight excluding hydrogens is 448 g/mol. The van der Waals surface area contributed by atoms with Crippen molar-refractivity contribution >= 4 is 28.3 Å². The van der Waals surface area contributed by atoms with E-state index in [4.69, 9.17) is 23.9 Å². The first-order valence-corrected chi connectivity index (χ1v) is 10.9. The summed E-state index contributed by atoms with van der Waals surface area (Å²) >= 11 is 0. The van der Waals surface area contributed by atoms with Gasteiger partial charge in [-0.15, -0.1) is 0 Å². The van der Waals surface area contributed by atoms with Crippen LogP contribution in [0.4, 0.5) is 5.69 Å². The van der Waals surface area contributed by atoms with Crippen molar-refractivity contribution in [3.05, 3.63) is 71.8 Å². The second kappa shape index (κ2) is 8.98. The summed E-state index contributed by atoms with van der Waals surface area (Å²) in [7, 11) is 3.13. The van der Waals surface area contributed by atoms with Crippen molar-refractivity contribution in [1.29, 1.82) is 0 Å². The van der Waals surface area contributed by atoms with E-state index in [1.165, 1.54) is 6.92 Å². The zero-order valence-corrected chi connectivity index (χ0v) is 19.4. The van der Waals surface area contributed by atoms with Gasteiger partial charge in [-0.05, 0) is 43.3 Å². The third-order valence-electron chi connectivity index (χ3n) is 5.78. The van der Waals surface area contributed by atoms with Gasteiger partial charge in [0.25, 0.3) is 5.91 Å². The van der Waals surface area contributed by atoms with Crippen LogP contribution < -0.4 is 24.3 Å². The van der Waals surface area contributed by atoms with E-state index < -0.39 is 0 Å². The van der Waals surface area contributed by atoms with Crippen LogP contribution in [0.15, 0.2) is 60.7 Å². The summed E-state index contributed by atoms with van der Waals surface area (Å²) in [5.41, 5.74) is 3.10. The zero-order valence-electron chi connectivity index (χ0n) is 19.4. The first kappa shape index (κ1) is 22.2. The number of anilines is 1. The Morgan fingerprint density at radius 2 is 1.63 bits per heavy atom. The zero-order chi connectivity index (χ0) is 24.5. The first-order chi connectivity index (χ1) is 17.0. The molecular formula is C27H22N2O6. The summed E-state index contributed by atoms with van der Waals surface area (Å²) in [6, 6.07) is 17.7. The Morgan fingerprint density at radius 3 is 2.37 bits per heavy atom. The van der Waals surface area contributed by atoms with Gasteiger partial charge < -0.3 is 24.3 Å². The quantitative estimate of drug-likeness (QED) is 0.392. The van der Waals surface area contributed by atoms with E-state index >= 15 is 0 Å². The van der Waals surface area contributed by atoms with Crippen LogP contribution in [-0.2, 0) is 0 Å². The molecule has 1 aliphatic heterocycles. The number of methoxy groups -OCH3 is 2. The normalized spacial score (nSPS) is 11.9. The predicted octanol–water partition coefficient (Wildman–Crippen LogP) is 5.10. The van der Waals surface area contributed by atoms with E-state index in [0.29, 0.717) is 56.4 Å². The Hall–Kier alpha value is -4.59. The molecule has 1 amide bonds. The largest absolute Gasteiger partial charge is 0.493 e. The van der Waals surface area contributed by atoms with Gasteiger partial charge in [0.05, 0.1) is 36.7 Å². The molecule has 176 valence electrons. The highest BCUT2D eigenvalue weighted by Gasteiger charge is 2.22. The Morgan fingerprint density at radius 1 is 0.886 bits per heavy atom. The number of ether oxygens (including phenoxy) is 4. The number of nitrogens with one attached hydrogen (secondary N) is 1. The van der Waals surface area contributed by atoms with Crippen molar-refractivity contribution in [1.82, 2.24) is 4.98 Å². The average Bonchev–Trinajstić information content (AvgIpc) is 3.34. The van der Waals surface area contributed by atoms with E-state index in [9.17, 15) is 9.59 Å². The maximum atomic E-state index is 13.5. The van der Waals surface area contributed by atoms with Gasteiger partial charge in [0.1, 0.15) is 0 Å².